The Balaban J connectivity index is 2.17. The molecular weight excluding hydrogens is 358 g/mol. The van der Waals surface area contributed by atoms with Gasteiger partial charge < -0.3 is 14.7 Å². The van der Waals surface area contributed by atoms with Gasteiger partial charge in [-0.3, -0.25) is 9.59 Å². The number of hydrogen-bond acceptors (Lipinski definition) is 5. The standard InChI is InChI=1S/C18H25NO6S/c1-18(2,17(22)19-8-10-25-11-9-19)26(23,24)13-15(16(20)21)12-14-6-4-3-5-7-14/h3-7,15H,8-13H2,1-2H3,(H,20,21)/t15-/m1/s1. The fraction of sp³-hybridized carbons (Fsp3) is 0.556. The number of sulfone groups is 1. The van der Waals surface area contributed by atoms with E-state index in [2.05, 4.69) is 0 Å². The van der Waals surface area contributed by atoms with Crippen molar-refractivity contribution in [3.8, 4) is 0 Å². The van der Waals surface area contributed by atoms with Gasteiger partial charge in [-0.2, -0.15) is 0 Å². The Morgan fingerprint density at radius 2 is 1.77 bits per heavy atom. The van der Waals surface area contributed by atoms with Crippen LogP contribution in [-0.2, 0) is 30.6 Å². The second-order valence-electron chi connectivity index (χ2n) is 6.92. The Labute approximate surface area is 153 Å². The number of rotatable bonds is 7. The van der Waals surface area contributed by atoms with Crippen molar-refractivity contribution in [1.29, 1.82) is 0 Å². The molecule has 7 nitrogen and oxygen atoms in total. The van der Waals surface area contributed by atoms with Crippen LogP contribution in [0.15, 0.2) is 30.3 Å². The van der Waals surface area contributed by atoms with Gasteiger partial charge in [-0.25, -0.2) is 8.42 Å². The van der Waals surface area contributed by atoms with Crippen molar-refractivity contribution in [3.05, 3.63) is 35.9 Å². The molecule has 0 unspecified atom stereocenters. The summed E-state index contributed by atoms with van der Waals surface area (Å²) in [5.74, 6) is -3.39. The van der Waals surface area contributed by atoms with Crippen molar-refractivity contribution in [2.75, 3.05) is 32.1 Å². The summed E-state index contributed by atoms with van der Waals surface area (Å²) >= 11 is 0. The van der Waals surface area contributed by atoms with Crippen LogP contribution in [0.3, 0.4) is 0 Å². The first-order chi connectivity index (χ1) is 12.1. The molecule has 0 aliphatic carbocycles. The normalized spacial score (nSPS) is 16.9. The minimum Gasteiger partial charge on any atom is -0.481 e. The lowest BCUT2D eigenvalue weighted by molar-refractivity contribution is -0.141. The molecular formula is C18H25NO6S. The highest BCUT2D eigenvalue weighted by atomic mass is 32.2. The molecule has 1 saturated heterocycles. The van der Waals surface area contributed by atoms with Gasteiger partial charge in [0.2, 0.25) is 5.91 Å². The van der Waals surface area contributed by atoms with E-state index in [-0.39, 0.29) is 6.42 Å². The van der Waals surface area contributed by atoms with Gasteiger partial charge in [-0.05, 0) is 25.8 Å². The smallest absolute Gasteiger partial charge is 0.307 e. The molecule has 144 valence electrons. The maximum absolute atomic E-state index is 12.9. The van der Waals surface area contributed by atoms with Gasteiger partial charge >= 0.3 is 5.97 Å². The molecule has 1 aromatic carbocycles. The second-order valence-corrected chi connectivity index (χ2v) is 9.50. The number of carboxylic acid groups (broad SMARTS) is 1. The quantitative estimate of drug-likeness (QED) is 0.753. The maximum atomic E-state index is 12.9. The lowest BCUT2D eigenvalue weighted by Gasteiger charge is -2.34. The van der Waals surface area contributed by atoms with E-state index < -0.39 is 38.1 Å². The first-order valence-electron chi connectivity index (χ1n) is 8.51. The number of benzene rings is 1. The maximum Gasteiger partial charge on any atom is 0.307 e. The third-order valence-electron chi connectivity index (χ3n) is 4.69. The van der Waals surface area contributed by atoms with Crippen LogP contribution in [0.25, 0.3) is 0 Å². The van der Waals surface area contributed by atoms with Gasteiger partial charge in [0.05, 0.1) is 24.9 Å². The van der Waals surface area contributed by atoms with Crippen molar-refractivity contribution in [2.24, 2.45) is 5.92 Å². The Morgan fingerprint density at radius 1 is 1.19 bits per heavy atom. The van der Waals surface area contributed by atoms with Gasteiger partial charge in [-0.1, -0.05) is 30.3 Å². The zero-order valence-electron chi connectivity index (χ0n) is 15.1. The van der Waals surface area contributed by atoms with Gasteiger partial charge in [-0.15, -0.1) is 0 Å². The van der Waals surface area contributed by atoms with Crippen LogP contribution in [0.5, 0.6) is 0 Å². The van der Waals surface area contributed by atoms with Crippen LogP contribution in [0.2, 0.25) is 0 Å². The minimum atomic E-state index is -3.99. The van der Waals surface area contributed by atoms with E-state index in [1.54, 1.807) is 30.3 Å². The summed E-state index contributed by atoms with van der Waals surface area (Å²) in [5.41, 5.74) is 0.743. The molecule has 0 saturated carbocycles. The van der Waals surface area contributed by atoms with E-state index in [4.69, 9.17) is 4.74 Å². The van der Waals surface area contributed by atoms with E-state index in [1.165, 1.54) is 18.7 Å². The summed E-state index contributed by atoms with van der Waals surface area (Å²) in [4.78, 5) is 25.8. The highest BCUT2D eigenvalue weighted by Gasteiger charge is 2.46. The fourth-order valence-electron chi connectivity index (χ4n) is 2.87. The van der Waals surface area contributed by atoms with Crippen molar-refractivity contribution in [2.45, 2.75) is 25.0 Å². The number of aliphatic carboxylic acids is 1. The summed E-state index contributed by atoms with van der Waals surface area (Å²) in [6.45, 7) is 4.11. The second kappa shape index (κ2) is 8.18. The highest BCUT2D eigenvalue weighted by molar-refractivity contribution is 7.93. The summed E-state index contributed by atoms with van der Waals surface area (Å²) in [6, 6.07) is 8.86. The average molecular weight is 383 g/mol. The molecule has 1 amide bonds. The van der Waals surface area contributed by atoms with Crippen LogP contribution >= 0.6 is 0 Å². The Hall–Kier alpha value is -1.93. The van der Waals surface area contributed by atoms with Crippen molar-refractivity contribution in [1.82, 2.24) is 4.90 Å². The molecule has 26 heavy (non-hydrogen) atoms. The number of carbonyl (C=O) groups is 2. The number of ether oxygens (including phenoxy) is 1. The van der Waals surface area contributed by atoms with Crippen LogP contribution in [0, 0.1) is 5.92 Å². The Morgan fingerprint density at radius 3 is 2.31 bits per heavy atom. The number of carboxylic acids is 1. The average Bonchev–Trinajstić information content (AvgIpc) is 2.61. The molecule has 1 aliphatic heterocycles. The topological polar surface area (TPSA) is 101 Å². The monoisotopic (exact) mass is 383 g/mol. The Kier molecular flexibility index (Phi) is 6.41. The van der Waals surface area contributed by atoms with E-state index in [0.29, 0.717) is 26.3 Å². The number of hydrogen-bond donors (Lipinski definition) is 1. The van der Waals surface area contributed by atoms with Crippen LogP contribution in [0.4, 0.5) is 0 Å². The van der Waals surface area contributed by atoms with Crippen LogP contribution in [0.1, 0.15) is 19.4 Å². The molecule has 1 atom stereocenters. The molecule has 8 heteroatoms. The minimum absolute atomic E-state index is 0.0945. The van der Waals surface area contributed by atoms with Crippen LogP contribution in [-0.4, -0.2) is 67.1 Å². The number of carbonyl (C=O) groups excluding carboxylic acids is 1. The van der Waals surface area contributed by atoms with Crippen molar-refractivity contribution < 1.29 is 27.9 Å². The first kappa shape index (κ1) is 20.4. The van der Waals surface area contributed by atoms with E-state index >= 15 is 0 Å². The lowest BCUT2D eigenvalue weighted by Crippen LogP contribution is -2.54. The largest absolute Gasteiger partial charge is 0.481 e. The molecule has 1 fully saturated rings. The van der Waals surface area contributed by atoms with Crippen molar-refractivity contribution in [3.63, 3.8) is 0 Å². The first-order valence-corrected chi connectivity index (χ1v) is 10.2. The Bertz CT molecular complexity index is 738. The predicted octanol–water partition coefficient (Wildman–Crippen LogP) is 0.982. The van der Waals surface area contributed by atoms with E-state index in [0.717, 1.165) is 5.56 Å². The molecule has 1 aliphatic rings. The third-order valence-corrected chi connectivity index (χ3v) is 7.26. The lowest BCUT2D eigenvalue weighted by atomic mass is 10.0. The molecule has 0 aromatic heterocycles. The van der Waals surface area contributed by atoms with Gasteiger partial charge in [0, 0.05) is 13.1 Å². The molecule has 0 bridgehead atoms. The van der Waals surface area contributed by atoms with Gasteiger partial charge in [0.15, 0.2) is 9.84 Å². The molecule has 1 heterocycles. The van der Waals surface area contributed by atoms with Gasteiger partial charge in [0.25, 0.3) is 0 Å². The molecule has 1 N–H and O–H groups in total. The third kappa shape index (κ3) is 4.62. The predicted molar refractivity (Wildman–Crippen MR) is 96.5 cm³/mol. The zero-order valence-corrected chi connectivity index (χ0v) is 15.9. The number of amides is 1. The SMILES string of the molecule is CC(C)(C(=O)N1CCOCC1)S(=O)(=O)C[C@@H](Cc1ccccc1)C(=O)O. The van der Waals surface area contributed by atoms with Crippen molar-refractivity contribution >= 4 is 21.7 Å². The zero-order chi connectivity index (χ0) is 19.4. The molecule has 1 aromatic rings. The summed E-state index contributed by atoms with van der Waals surface area (Å²) in [6.07, 6.45) is 0.0945. The van der Waals surface area contributed by atoms with Crippen LogP contribution < -0.4 is 0 Å². The molecule has 0 radical (unpaired) electrons. The highest BCUT2D eigenvalue weighted by Crippen LogP contribution is 2.25. The van der Waals surface area contributed by atoms with E-state index in [1.807, 2.05) is 0 Å². The van der Waals surface area contributed by atoms with E-state index in [9.17, 15) is 23.1 Å². The molecule has 0 spiro atoms. The fourth-order valence-corrected chi connectivity index (χ4v) is 4.47. The number of morpholine rings is 1. The summed E-state index contributed by atoms with van der Waals surface area (Å²) < 4.78 is 29.3. The number of nitrogens with zero attached hydrogens (tertiary/aromatic N) is 1. The summed E-state index contributed by atoms with van der Waals surface area (Å²) in [7, 11) is -3.99. The summed E-state index contributed by atoms with van der Waals surface area (Å²) in [5, 5.41) is 9.47. The van der Waals surface area contributed by atoms with Gasteiger partial charge in [0.1, 0.15) is 4.75 Å². The molecule has 2 rings (SSSR count).